The lowest BCUT2D eigenvalue weighted by atomic mass is 9.88. The van der Waals surface area contributed by atoms with Crippen LogP contribution in [0.3, 0.4) is 0 Å². The molecule has 0 aliphatic heterocycles. The lowest BCUT2D eigenvalue weighted by Gasteiger charge is -2.23. The average Bonchev–Trinajstić information content (AvgIpc) is 2.52. The van der Waals surface area contributed by atoms with Gasteiger partial charge in [0, 0.05) is 0 Å². The molecule has 1 rings (SSSR count). The number of rotatable bonds is 5. The molecule has 0 aromatic rings. The maximum atomic E-state index is 10.1. The minimum Gasteiger partial charge on any atom is -0.390 e. The topological polar surface area (TPSA) is 20.2 Å². The maximum absolute atomic E-state index is 10.1. The molecule has 84 valence electrons. The van der Waals surface area contributed by atoms with Crippen molar-refractivity contribution in [1.82, 2.24) is 0 Å². The number of aliphatic hydroxyl groups is 1. The molecule has 1 saturated carbocycles. The second kappa shape index (κ2) is 5.16. The highest BCUT2D eigenvalue weighted by Gasteiger charge is 2.30. The molecule has 0 radical (unpaired) electrons. The quantitative estimate of drug-likeness (QED) is 0.713. The van der Waals surface area contributed by atoms with Crippen LogP contribution in [0.15, 0.2) is 0 Å². The first-order valence-corrected chi connectivity index (χ1v) is 6.26. The molecule has 1 aliphatic rings. The summed E-state index contributed by atoms with van der Waals surface area (Å²) in [7, 11) is 0. The fraction of sp³-hybridized carbons (Fsp3) is 1.00. The zero-order valence-corrected chi connectivity index (χ0v) is 10.1. The molecule has 1 aliphatic carbocycles. The van der Waals surface area contributed by atoms with Crippen LogP contribution in [-0.2, 0) is 0 Å². The molecule has 0 heterocycles. The van der Waals surface area contributed by atoms with Crippen LogP contribution in [0.5, 0.6) is 0 Å². The highest BCUT2D eigenvalue weighted by Crippen LogP contribution is 2.34. The Morgan fingerprint density at radius 3 is 2.21 bits per heavy atom. The van der Waals surface area contributed by atoms with E-state index in [0.717, 1.165) is 31.1 Å². The second-order valence-electron chi connectivity index (χ2n) is 5.54. The smallest absolute Gasteiger partial charge is 0.0647 e. The zero-order valence-electron chi connectivity index (χ0n) is 10.1. The van der Waals surface area contributed by atoms with Gasteiger partial charge >= 0.3 is 0 Å². The summed E-state index contributed by atoms with van der Waals surface area (Å²) in [5, 5.41) is 10.1. The van der Waals surface area contributed by atoms with Gasteiger partial charge in [-0.05, 0) is 31.1 Å². The summed E-state index contributed by atoms with van der Waals surface area (Å²) in [5.74, 6) is 1.59. The van der Waals surface area contributed by atoms with Crippen LogP contribution in [0, 0.1) is 11.8 Å². The minimum atomic E-state index is -0.281. The molecule has 0 amide bonds. The first kappa shape index (κ1) is 12.0. The zero-order chi connectivity index (χ0) is 10.6. The van der Waals surface area contributed by atoms with E-state index in [4.69, 9.17) is 0 Å². The number of hydrogen-bond donors (Lipinski definition) is 1. The van der Waals surface area contributed by atoms with Crippen LogP contribution in [0.4, 0.5) is 0 Å². The van der Waals surface area contributed by atoms with Crippen LogP contribution >= 0.6 is 0 Å². The van der Waals surface area contributed by atoms with Crippen molar-refractivity contribution in [2.75, 3.05) is 0 Å². The fourth-order valence-electron chi connectivity index (χ4n) is 2.37. The summed E-state index contributed by atoms with van der Waals surface area (Å²) in [4.78, 5) is 0. The predicted molar refractivity (Wildman–Crippen MR) is 61.3 cm³/mol. The van der Waals surface area contributed by atoms with Crippen LogP contribution in [0.1, 0.15) is 65.7 Å². The third kappa shape index (κ3) is 3.61. The third-order valence-corrected chi connectivity index (χ3v) is 3.97. The van der Waals surface area contributed by atoms with E-state index in [1.54, 1.807) is 0 Å². The van der Waals surface area contributed by atoms with Crippen molar-refractivity contribution in [1.29, 1.82) is 0 Å². The Hall–Kier alpha value is -0.0400. The summed E-state index contributed by atoms with van der Waals surface area (Å²) >= 11 is 0. The Balaban J connectivity index is 2.14. The fourth-order valence-corrected chi connectivity index (χ4v) is 2.37. The van der Waals surface area contributed by atoms with E-state index in [-0.39, 0.29) is 5.60 Å². The van der Waals surface area contributed by atoms with Gasteiger partial charge in [-0.15, -0.1) is 0 Å². The molecule has 1 unspecified atom stereocenters. The van der Waals surface area contributed by atoms with E-state index in [2.05, 4.69) is 20.8 Å². The van der Waals surface area contributed by atoms with Crippen molar-refractivity contribution in [2.45, 2.75) is 71.3 Å². The van der Waals surface area contributed by atoms with E-state index in [1.807, 2.05) is 0 Å². The Labute approximate surface area is 88.9 Å². The van der Waals surface area contributed by atoms with Crippen molar-refractivity contribution < 1.29 is 5.11 Å². The molecule has 0 aromatic heterocycles. The van der Waals surface area contributed by atoms with Gasteiger partial charge in [0.05, 0.1) is 5.60 Å². The lowest BCUT2D eigenvalue weighted by Crippen LogP contribution is -2.23. The van der Waals surface area contributed by atoms with Crippen molar-refractivity contribution >= 4 is 0 Å². The van der Waals surface area contributed by atoms with Crippen LogP contribution in [0.25, 0.3) is 0 Å². The van der Waals surface area contributed by atoms with Crippen LogP contribution in [0.2, 0.25) is 0 Å². The van der Waals surface area contributed by atoms with Gasteiger partial charge in [0.1, 0.15) is 0 Å². The largest absolute Gasteiger partial charge is 0.390 e. The molecule has 1 heteroatoms. The molecule has 1 atom stereocenters. The van der Waals surface area contributed by atoms with Gasteiger partial charge in [-0.1, -0.05) is 46.5 Å². The first-order chi connectivity index (χ1) is 6.53. The molecular weight excluding hydrogens is 172 g/mol. The highest BCUT2D eigenvalue weighted by molar-refractivity contribution is 4.84. The van der Waals surface area contributed by atoms with Crippen molar-refractivity contribution in [3.05, 3.63) is 0 Å². The van der Waals surface area contributed by atoms with Gasteiger partial charge in [0.25, 0.3) is 0 Å². The van der Waals surface area contributed by atoms with E-state index in [9.17, 15) is 5.11 Å². The van der Waals surface area contributed by atoms with Crippen molar-refractivity contribution in [3.63, 3.8) is 0 Å². The lowest BCUT2D eigenvalue weighted by molar-refractivity contribution is 0.0348. The molecule has 0 bridgehead atoms. The van der Waals surface area contributed by atoms with Crippen molar-refractivity contribution in [2.24, 2.45) is 11.8 Å². The predicted octanol–water partition coefficient (Wildman–Crippen LogP) is 3.75. The second-order valence-corrected chi connectivity index (χ2v) is 5.54. The number of hydrogen-bond acceptors (Lipinski definition) is 1. The normalized spacial score (nSPS) is 22.9. The molecule has 0 aromatic carbocycles. The Bertz CT molecular complexity index is 157. The van der Waals surface area contributed by atoms with Crippen LogP contribution in [-0.4, -0.2) is 10.7 Å². The molecule has 14 heavy (non-hydrogen) atoms. The van der Waals surface area contributed by atoms with Gasteiger partial charge in [-0.25, -0.2) is 0 Å². The standard InChI is InChI=1S/C13H26O/c1-11(2)12(3)7-6-10-13(14)8-4-5-9-13/h11-12,14H,4-10H2,1-3H3. The van der Waals surface area contributed by atoms with E-state index >= 15 is 0 Å². The Morgan fingerprint density at radius 2 is 1.71 bits per heavy atom. The van der Waals surface area contributed by atoms with E-state index in [0.29, 0.717) is 0 Å². The molecule has 0 saturated heterocycles. The first-order valence-electron chi connectivity index (χ1n) is 6.26. The molecular formula is C13H26O. The van der Waals surface area contributed by atoms with Gasteiger partial charge in [0.15, 0.2) is 0 Å². The summed E-state index contributed by atoms with van der Waals surface area (Å²) in [6.07, 6.45) is 8.07. The molecule has 1 fully saturated rings. The Kier molecular flexibility index (Phi) is 4.43. The van der Waals surface area contributed by atoms with Gasteiger partial charge in [-0.2, -0.15) is 0 Å². The summed E-state index contributed by atoms with van der Waals surface area (Å²) < 4.78 is 0. The molecule has 0 spiro atoms. The summed E-state index contributed by atoms with van der Waals surface area (Å²) in [6, 6.07) is 0. The minimum absolute atomic E-state index is 0.281. The maximum Gasteiger partial charge on any atom is 0.0647 e. The Morgan fingerprint density at radius 1 is 1.14 bits per heavy atom. The third-order valence-electron chi connectivity index (χ3n) is 3.97. The monoisotopic (exact) mass is 198 g/mol. The summed E-state index contributed by atoms with van der Waals surface area (Å²) in [5.41, 5.74) is -0.281. The van der Waals surface area contributed by atoms with Gasteiger partial charge in [-0.3, -0.25) is 0 Å². The summed E-state index contributed by atoms with van der Waals surface area (Å²) in [6.45, 7) is 6.90. The van der Waals surface area contributed by atoms with Crippen LogP contribution < -0.4 is 0 Å². The molecule has 1 nitrogen and oxygen atoms in total. The SMILES string of the molecule is CC(C)C(C)CCCC1(O)CCCC1. The average molecular weight is 198 g/mol. The highest BCUT2D eigenvalue weighted by atomic mass is 16.3. The van der Waals surface area contributed by atoms with Gasteiger partial charge < -0.3 is 5.11 Å². The van der Waals surface area contributed by atoms with E-state index in [1.165, 1.54) is 25.7 Å². The van der Waals surface area contributed by atoms with Gasteiger partial charge in [0.2, 0.25) is 0 Å². The van der Waals surface area contributed by atoms with Crippen molar-refractivity contribution in [3.8, 4) is 0 Å². The van der Waals surface area contributed by atoms with E-state index < -0.39 is 0 Å². The molecule has 1 N–H and O–H groups in total.